The number of nitrogens with two attached hydrogens (primary N) is 1. The molecule has 0 aromatic heterocycles. The third-order valence-corrected chi connectivity index (χ3v) is 4.48. The summed E-state index contributed by atoms with van der Waals surface area (Å²) in [5, 5.41) is 10.7. The van der Waals surface area contributed by atoms with Gasteiger partial charge in [0, 0.05) is 10.6 Å². The monoisotopic (exact) mass is 321 g/mol. The van der Waals surface area contributed by atoms with Crippen LogP contribution in [0.4, 0.5) is 4.39 Å². The first-order valence-electron chi connectivity index (χ1n) is 6.90. The second-order valence-corrected chi connectivity index (χ2v) is 5.91. The highest BCUT2D eigenvalue weighted by atomic mass is 35.5. The zero-order valence-electron chi connectivity index (χ0n) is 11.6. The number of rotatable bonds is 3. The summed E-state index contributed by atoms with van der Waals surface area (Å²) >= 11 is 6.05. The molecule has 0 bridgehead atoms. The molecule has 1 fully saturated rings. The van der Waals surface area contributed by atoms with Crippen LogP contribution in [0.15, 0.2) is 12.1 Å². The molecule has 0 aliphatic heterocycles. The lowest BCUT2D eigenvalue weighted by Gasteiger charge is -2.31. The zero-order chi connectivity index (χ0) is 14.0. The second kappa shape index (κ2) is 7.60. The van der Waals surface area contributed by atoms with Crippen LogP contribution in [0.3, 0.4) is 0 Å². The van der Waals surface area contributed by atoms with Gasteiger partial charge < -0.3 is 10.8 Å². The highest BCUT2D eigenvalue weighted by Gasteiger charge is 2.30. The van der Waals surface area contributed by atoms with E-state index in [2.05, 4.69) is 0 Å². The first-order chi connectivity index (χ1) is 9.02. The van der Waals surface area contributed by atoms with Gasteiger partial charge in [-0.05, 0) is 37.3 Å². The SMILES string of the molecule is Cc1ccc(Cl)c([C@H](N)[C@H](O)C2CCCCC2)c1F.Cl. The van der Waals surface area contributed by atoms with Crippen molar-refractivity contribution in [3.8, 4) is 0 Å². The van der Waals surface area contributed by atoms with E-state index in [0.717, 1.165) is 25.7 Å². The topological polar surface area (TPSA) is 46.2 Å². The molecule has 1 aliphatic rings. The van der Waals surface area contributed by atoms with Crippen molar-refractivity contribution in [3.05, 3.63) is 34.1 Å². The molecule has 114 valence electrons. The number of halogens is 3. The van der Waals surface area contributed by atoms with E-state index < -0.39 is 18.0 Å². The summed E-state index contributed by atoms with van der Waals surface area (Å²) in [6.45, 7) is 1.68. The summed E-state index contributed by atoms with van der Waals surface area (Å²) in [5.41, 5.74) is 6.82. The first-order valence-corrected chi connectivity index (χ1v) is 7.28. The Morgan fingerprint density at radius 1 is 1.30 bits per heavy atom. The van der Waals surface area contributed by atoms with Crippen molar-refractivity contribution in [2.75, 3.05) is 0 Å². The van der Waals surface area contributed by atoms with Crippen molar-refractivity contribution >= 4 is 24.0 Å². The molecular weight excluding hydrogens is 300 g/mol. The number of benzene rings is 1. The van der Waals surface area contributed by atoms with E-state index in [4.69, 9.17) is 17.3 Å². The molecule has 20 heavy (non-hydrogen) atoms. The Hall–Kier alpha value is -0.350. The normalized spacial score (nSPS) is 19.2. The Bertz CT molecular complexity index is 450. The lowest BCUT2D eigenvalue weighted by Crippen LogP contribution is -2.35. The van der Waals surface area contributed by atoms with E-state index in [9.17, 15) is 9.50 Å². The van der Waals surface area contributed by atoms with Crippen LogP contribution in [0.25, 0.3) is 0 Å². The molecule has 0 spiro atoms. The molecule has 1 aliphatic carbocycles. The largest absolute Gasteiger partial charge is 0.391 e. The fourth-order valence-electron chi connectivity index (χ4n) is 2.92. The Kier molecular flexibility index (Phi) is 6.73. The molecule has 2 rings (SSSR count). The van der Waals surface area contributed by atoms with Crippen LogP contribution in [-0.4, -0.2) is 11.2 Å². The van der Waals surface area contributed by atoms with E-state index in [1.165, 1.54) is 6.42 Å². The molecule has 0 unspecified atom stereocenters. The minimum atomic E-state index is -0.754. The Balaban J connectivity index is 0.00000200. The Morgan fingerprint density at radius 3 is 2.50 bits per heavy atom. The highest BCUT2D eigenvalue weighted by molar-refractivity contribution is 6.31. The molecule has 0 radical (unpaired) electrons. The third kappa shape index (κ3) is 3.64. The van der Waals surface area contributed by atoms with Crippen molar-refractivity contribution in [2.24, 2.45) is 11.7 Å². The number of hydrogen-bond acceptors (Lipinski definition) is 2. The van der Waals surface area contributed by atoms with Crippen LogP contribution in [0.5, 0.6) is 0 Å². The van der Waals surface area contributed by atoms with Gasteiger partial charge in [0.2, 0.25) is 0 Å². The summed E-state index contributed by atoms with van der Waals surface area (Å²) in [6, 6.07) is 2.51. The minimum Gasteiger partial charge on any atom is -0.391 e. The maximum absolute atomic E-state index is 14.2. The van der Waals surface area contributed by atoms with E-state index >= 15 is 0 Å². The first kappa shape index (κ1) is 17.7. The molecular formula is C15H22Cl2FNO. The smallest absolute Gasteiger partial charge is 0.132 e. The van der Waals surface area contributed by atoms with Gasteiger partial charge in [0.25, 0.3) is 0 Å². The molecule has 0 amide bonds. The van der Waals surface area contributed by atoms with Gasteiger partial charge in [-0.2, -0.15) is 0 Å². The second-order valence-electron chi connectivity index (χ2n) is 5.51. The molecule has 2 atom stereocenters. The summed E-state index contributed by atoms with van der Waals surface area (Å²) < 4.78 is 14.2. The molecule has 0 heterocycles. The predicted molar refractivity (Wildman–Crippen MR) is 82.9 cm³/mol. The maximum Gasteiger partial charge on any atom is 0.132 e. The van der Waals surface area contributed by atoms with Gasteiger partial charge in [0.15, 0.2) is 0 Å². The number of aliphatic hydroxyl groups is 1. The fourth-order valence-corrected chi connectivity index (χ4v) is 3.20. The number of hydrogen-bond donors (Lipinski definition) is 2. The van der Waals surface area contributed by atoms with Gasteiger partial charge in [-0.3, -0.25) is 0 Å². The summed E-state index contributed by atoms with van der Waals surface area (Å²) in [7, 11) is 0. The van der Waals surface area contributed by atoms with Crippen LogP contribution >= 0.6 is 24.0 Å². The minimum absolute atomic E-state index is 0. The molecule has 2 nitrogen and oxygen atoms in total. The van der Waals surface area contributed by atoms with Crippen molar-refractivity contribution in [2.45, 2.75) is 51.2 Å². The molecule has 5 heteroatoms. The van der Waals surface area contributed by atoms with E-state index in [1.54, 1.807) is 19.1 Å². The molecule has 0 saturated heterocycles. The predicted octanol–water partition coefficient (Wildman–Crippen LogP) is 4.15. The molecule has 1 aromatic rings. The van der Waals surface area contributed by atoms with Crippen LogP contribution in [-0.2, 0) is 0 Å². The van der Waals surface area contributed by atoms with Gasteiger partial charge >= 0.3 is 0 Å². The quantitative estimate of drug-likeness (QED) is 0.878. The van der Waals surface area contributed by atoms with Crippen LogP contribution in [0.2, 0.25) is 5.02 Å². The standard InChI is InChI=1S/C15H21ClFNO.ClH/c1-9-7-8-11(16)12(13(9)17)14(18)15(19)10-5-3-2-4-6-10;/h7-8,10,14-15,19H,2-6,18H2,1H3;1H/t14-,15+;/m0./s1. The van der Waals surface area contributed by atoms with E-state index in [-0.39, 0.29) is 23.9 Å². The molecule has 1 saturated carbocycles. The third-order valence-electron chi connectivity index (χ3n) is 4.15. The van der Waals surface area contributed by atoms with E-state index in [1.807, 2.05) is 0 Å². The van der Waals surface area contributed by atoms with Crippen LogP contribution in [0.1, 0.15) is 49.3 Å². The fraction of sp³-hybridized carbons (Fsp3) is 0.600. The average molecular weight is 322 g/mol. The molecule has 1 aromatic carbocycles. The van der Waals surface area contributed by atoms with Crippen molar-refractivity contribution in [1.29, 1.82) is 0 Å². The van der Waals surface area contributed by atoms with Gasteiger partial charge in [-0.15, -0.1) is 12.4 Å². The van der Waals surface area contributed by atoms with Crippen LogP contribution in [0, 0.1) is 18.7 Å². The average Bonchev–Trinajstić information content (AvgIpc) is 2.43. The van der Waals surface area contributed by atoms with Gasteiger partial charge in [0.1, 0.15) is 5.82 Å². The Morgan fingerprint density at radius 2 is 1.90 bits per heavy atom. The summed E-state index contributed by atoms with van der Waals surface area (Å²) in [5.74, 6) is -0.241. The lowest BCUT2D eigenvalue weighted by atomic mass is 9.81. The highest BCUT2D eigenvalue weighted by Crippen LogP contribution is 2.35. The van der Waals surface area contributed by atoms with Crippen molar-refractivity contribution < 1.29 is 9.50 Å². The number of aryl methyl sites for hydroxylation is 1. The van der Waals surface area contributed by atoms with Gasteiger partial charge in [0.05, 0.1) is 12.1 Å². The van der Waals surface area contributed by atoms with Gasteiger partial charge in [-0.1, -0.05) is 36.9 Å². The molecule has 3 N–H and O–H groups in total. The maximum atomic E-state index is 14.2. The summed E-state index contributed by atoms with van der Waals surface area (Å²) in [6.07, 6.45) is 4.61. The van der Waals surface area contributed by atoms with Crippen molar-refractivity contribution in [1.82, 2.24) is 0 Å². The van der Waals surface area contributed by atoms with Gasteiger partial charge in [-0.25, -0.2) is 4.39 Å². The Labute approximate surface area is 130 Å². The number of aliphatic hydroxyl groups excluding tert-OH is 1. The van der Waals surface area contributed by atoms with Crippen LogP contribution < -0.4 is 5.73 Å². The zero-order valence-corrected chi connectivity index (χ0v) is 13.2. The lowest BCUT2D eigenvalue weighted by molar-refractivity contribution is 0.0608. The van der Waals surface area contributed by atoms with E-state index in [0.29, 0.717) is 10.6 Å². The van der Waals surface area contributed by atoms with Crippen molar-refractivity contribution in [3.63, 3.8) is 0 Å². The summed E-state index contributed by atoms with van der Waals surface area (Å²) in [4.78, 5) is 0.